The lowest BCUT2D eigenvalue weighted by atomic mass is 10.3. The lowest BCUT2D eigenvalue weighted by Gasteiger charge is -2.04. The second-order valence-electron chi connectivity index (χ2n) is 3.20. The monoisotopic (exact) mass is 242 g/mol. The summed E-state index contributed by atoms with van der Waals surface area (Å²) in [4.78, 5) is 10.6. The largest absolute Gasteiger partial charge is 0.478 e. The van der Waals surface area contributed by atoms with E-state index in [0.29, 0.717) is 16.8 Å². The van der Waals surface area contributed by atoms with Gasteiger partial charge in [0.2, 0.25) is 0 Å². The summed E-state index contributed by atoms with van der Waals surface area (Å²) in [7, 11) is 0. The van der Waals surface area contributed by atoms with Crippen LogP contribution in [0.15, 0.2) is 24.5 Å². The lowest BCUT2D eigenvalue weighted by molar-refractivity contribution is 0.0697. The van der Waals surface area contributed by atoms with Crippen LogP contribution in [0.5, 0.6) is 0 Å². The molecule has 17 heavy (non-hydrogen) atoms. The first-order chi connectivity index (χ1) is 7.99. The first-order valence-electron chi connectivity index (χ1n) is 4.42. The molecule has 1 heterocycles. The third kappa shape index (κ3) is 1.99. The number of carbonyl (C=O) groups is 1. The first kappa shape index (κ1) is 11.2. The smallest absolute Gasteiger partial charge is 0.338 e. The van der Waals surface area contributed by atoms with Crippen molar-refractivity contribution in [1.82, 2.24) is 9.78 Å². The molecule has 0 amide bonds. The van der Waals surface area contributed by atoms with Crippen LogP contribution < -0.4 is 0 Å². The van der Waals surface area contributed by atoms with Crippen LogP contribution in [0.1, 0.15) is 10.4 Å². The fourth-order valence-electron chi connectivity index (χ4n) is 1.31. The van der Waals surface area contributed by atoms with E-state index in [1.54, 1.807) is 0 Å². The minimum atomic E-state index is -1.28. The second kappa shape index (κ2) is 3.93. The molecule has 0 saturated heterocycles. The van der Waals surface area contributed by atoms with E-state index in [-0.39, 0.29) is 5.56 Å². The third-order valence-electron chi connectivity index (χ3n) is 2.04. The van der Waals surface area contributed by atoms with E-state index >= 15 is 0 Å². The molecule has 0 saturated carbocycles. The average molecular weight is 242 g/mol. The summed E-state index contributed by atoms with van der Waals surface area (Å²) in [5, 5.41) is 12.1. The van der Waals surface area contributed by atoms with Crippen molar-refractivity contribution < 1.29 is 23.1 Å². The van der Waals surface area contributed by atoms with Crippen molar-refractivity contribution in [2.75, 3.05) is 0 Å². The van der Waals surface area contributed by atoms with Crippen LogP contribution in [0.2, 0.25) is 0 Å². The number of halogens is 3. The maximum absolute atomic E-state index is 13.3. The molecule has 0 fully saturated rings. The normalized spacial score (nSPS) is 10.5. The Morgan fingerprint density at radius 2 is 1.82 bits per heavy atom. The second-order valence-corrected chi connectivity index (χ2v) is 3.20. The highest BCUT2D eigenvalue weighted by atomic mass is 19.1. The highest BCUT2D eigenvalue weighted by Gasteiger charge is 2.16. The molecule has 2 rings (SSSR count). The molecule has 2 aromatic rings. The molecular weight excluding hydrogens is 237 g/mol. The number of carboxylic acids is 1. The van der Waals surface area contributed by atoms with E-state index in [1.165, 1.54) is 0 Å². The summed E-state index contributed by atoms with van der Waals surface area (Å²) < 4.78 is 40.0. The molecule has 0 bridgehead atoms. The van der Waals surface area contributed by atoms with Crippen molar-refractivity contribution in [2.24, 2.45) is 0 Å². The van der Waals surface area contributed by atoms with Crippen LogP contribution in [-0.2, 0) is 0 Å². The Balaban J connectivity index is 2.56. The van der Waals surface area contributed by atoms with Crippen LogP contribution in [0, 0.1) is 17.5 Å². The zero-order chi connectivity index (χ0) is 12.6. The first-order valence-corrected chi connectivity index (χ1v) is 4.42. The Bertz CT molecular complexity index is 572. The maximum Gasteiger partial charge on any atom is 0.338 e. The quantitative estimate of drug-likeness (QED) is 0.876. The molecule has 0 unspecified atom stereocenters. The maximum atomic E-state index is 13.3. The van der Waals surface area contributed by atoms with Gasteiger partial charge in [-0.15, -0.1) is 0 Å². The van der Waals surface area contributed by atoms with Gasteiger partial charge in [0.25, 0.3) is 0 Å². The summed E-state index contributed by atoms with van der Waals surface area (Å²) in [5.41, 5.74) is -0.855. The van der Waals surface area contributed by atoms with Crippen molar-refractivity contribution in [2.45, 2.75) is 0 Å². The Labute approximate surface area is 92.9 Å². The highest BCUT2D eigenvalue weighted by molar-refractivity contribution is 5.86. The molecule has 0 atom stereocenters. The lowest BCUT2D eigenvalue weighted by Crippen LogP contribution is -2.03. The Hall–Kier alpha value is -2.31. The van der Waals surface area contributed by atoms with Gasteiger partial charge in [-0.25, -0.2) is 22.6 Å². The van der Waals surface area contributed by atoms with Gasteiger partial charge >= 0.3 is 5.97 Å². The molecule has 0 radical (unpaired) electrons. The van der Waals surface area contributed by atoms with Crippen molar-refractivity contribution in [3.8, 4) is 5.69 Å². The van der Waals surface area contributed by atoms with Gasteiger partial charge in [-0.1, -0.05) is 0 Å². The third-order valence-corrected chi connectivity index (χ3v) is 2.04. The van der Waals surface area contributed by atoms with Crippen LogP contribution in [-0.4, -0.2) is 20.9 Å². The van der Waals surface area contributed by atoms with Crippen molar-refractivity contribution in [3.63, 3.8) is 0 Å². The number of carboxylic acid groups (broad SMARTS) is 1. The van der Waals surface area contributed by atoms with Crippen LogP contribution >= 0.6 is 0 Å². The summed E-state index contributed by atoms with van der Waals surface area (Å²) in [6.07, 6.45) is 1.87. The SMILES string of the molecule is O=C(O)c1cnn(-c2c(F)cc(F)cc2F)c1. The molecule has 88 valence electrons. The number of aromatic carboxylic acids is 1. The van der Waals surface area contributed by atoms with Gasteiger partial charge in [-0.3, -0.25) is 0 Å². The predicted molar refractivity (Wildman–Crippen MR) is 50.4 cm³/mol. The Morgan fingerprint density at radius 3 is 2.29 bits per heavy atom. The van der Waals surface area contributed by atoms with Gasteiger partial charge < -0.3 is 5.11 Å². The number of rotatable bonds is 2. The van der Waals surface area contributed by atoms with Gasteiger partial charge in [0, 0.05) is 18.3 Å². The van der Waals surface area contributed by atoms with Crippen LogP contribution in [0.25, 0.3) is 5.69 Å². The molecule has 0 aliphatic carbocycles. The van der Waals surface area contributed by atoms with Crippen molar-refractivity contribution in [3.05, 3.63) is 47.5 Å². The fourth-order valence-corrected chi connectivity index (χ4v) is 1.31. The van der Waals surface area contributed by atoms with E-state index in [2.05, 4.69) is 5.10 Å². The summed E-state index contributed by atoms with van der Waals surface area (Å²) in [5.74, 6) is -4.67. The van der Waals surface area contributed by atoms with Gasteiger partial charge in [0.05, 0.1) is 11.8 Å². The Kier molecular flexibility index (Phi) is 2.58. The van der Waals surface area contributed by atoms with E-state index in [9.17, 15) is 18.0 Å². The number of nitrogens with zero attached hydrogens (tertiary/aromatic N) is 2. The molecule has 0 aliphatic heterocycles. The summed E-state index contributed by atoms with van der Waals surface area (Å²) in [6.45, 7) is 0. The van der Waals surface area contributed by atoms with Gasteiger partial charge in [0.1, 0.15) is 11.5 Å². The summed E-state index contributed by atoms with van der Waals surface area (Å²) in [6, 6.07) is 0.973. The molecule has 1 aromatic heterocycles. The number of hydrogen-bond acceptors (Lipinski definition) is 2. The fraction of sp³-hybridized carbons (Fsp3) is 0. The average Bonchev–Trinajstić information content (AvgIpc) is 2.65. The minimum absolute atomic E-state index is 0.229. The molecule has 0 aliphatic rings. The van der Waals surface area contributed by atoms with Crippen molar-refractivity contribution in [1.29, 1.82) is 0 Å². The highest BCUT2D eigenvalue weighted by Crippen LogP contribution is 2.19. The van der Waals surface area contributed by atoms with E-state index < -0.39 is 29.1 Å². The number of hydrogen-bond donors (Lipinski definition) is 1. The van der Waals surface area contributed by atoms with Gasteiger partial charge in [0.15, 0.2) is 11.6 Å². The van der Waals surface area contributed by atoms with Crippen molar-refractivity contribution >= 4 is 5.97 Å². The molecule has 1 aromatic carbocycles. The van der Waals surface area contributed by atoms with Crippen LogP contribution in [0.3, 0.4) is 0 Å². The summed E-state index contributed by atoms with van der Waals surface area (Å²) >= 11 is 0. The number of benzene rings is 1. The topological polar surface area (TPSA) is 55.1 Å². The molecule has 7 heteroatoms. The molecular formula is C10H5F3N2O2. The standard InChI is InChI=1S/C10H5F3N2O2/c11-6-1-7(12)9(8(13)2-6)15-4-5(3-14-15)10(16)17/h1-4H,(H,16,17). The Morgan fingerprint density at radius 1 is 1.24 bits per heavy atom. The van der Waals surface area contributed by atoms with Crippen LogP contribution in [0.4, 0.5) is 13.2 Å². The van der Waals surface area contributed by atoms with Gasteiger partial charge in [-0.2, -0.15) is 5.10 Å². The van der Waals surface area contributed by atoms with E-state index in [4.69, 9.17) is 5.11 Å². The molecule has 4 nitrogen and oxygen atoms in total. The number of aromatic nitrogens is 2. The van der Waals surface area contributed by atoms with E-state index in [1.807, 2.05) is 0 Å². The van der Waals surface area contributed by atoms with Gasteiger partial charge in [-0.05, 0) is 0 Å². The van der Waals surface area contributed by atoms with E-state index in [0.717, 1.165) is 12.4 Å². The minimum Gasteiger partial charge on any atom is -0.478 e. The molecule has 1 N–H and O–H groups in total. The predicted octanol–water partition coefficient (Wildman–Crippen LogP) is 1.99. The zero-order valence-electron chi connectivity index (χ0n) is 8.19. The zero-order valence-corrected chi connectivity index (χ0v) is 8.19. The molecule has 0 spiro atoms.